The summed E-state index contributed by atoms with van der Waals surface area (Å²) in [5.74, 6) is -0.400. The van der Waals surface area contributed by atoms with E-state index < -0.39 is 14.9 Å². The zero-order valence-corrected chi connectivity index (χ0v) is 25.1. The van der Waals surface area contributed by atoms with E-state index in [0.29, 0.717) is 11.7 Å². The Morgan fingerprint density at radius 3 is 1.97 bits per heavy atom. The standard InChI is InChI=1S/C32H27BrN2O2S2/c1-4-37-30(36)29-34-35(26-19-17-25(33)18-20-26)32(38-29)28-8-6-5-7-27(28)31(39-32,23-13-9-21(2)10-14-23)24-15-11-22(3)12-16-24/h5-20H,4H2,1-3H3/t32-/m0/s1. The van der Waals surface area contributed by atoms with Gasteiger partial charge in [0.05, 0.1) is 17.0 Å². The van der Waals surface area contributed by atoms with Gasteiger partial charge < -0.3 is 4.74 Å². The molecule has 0 saturated heterocycles. The molecule has 0 fully saturated rings. The van der Waals surface area contributed by atoms with Gasteiger partial charge in [-0.2, -0.15) is 5.10 Å². The van der Waals surface area contributed by atoms with Crippen molar-refractivity contribution in [3.63, 3.8) is 0 Å². The number of ether oxygens (including phenoxy) is 1. The fraction of sp³-hybridized carbons (Fsp3) is 0.188. The predicted molar refractivity (Wildman–Crippen MR) is 166 cm³/mol. The molecule has 0 N–H and O–H groups in total. The zero-order valence-electron chi connectivity index (χ0n) is 21.9. The second-order valence-corrected chi connectivity index (χ2v) is 13.4. The monoisotopic (exact) mass is 614 g/mol. The summed E-state index contributed by atoms with van der Waals surface area (Å²) in [5.41, 5.74) is 8.01. The van der Waals surface area contributed by atoms with Crippen LogP contribution in [-0.2, 0) is 18.5 Å². The van der Waals surface area contributed by atoms with E-state index in [1.165, 1.54) is 39.6 Å². The fourth-order valence-electron chi connectivity index (χ4n) is 5.22. The minimum atomic E-state index is -0.734. The number of thioether (sulfide) groups is 2. The third kappa shape index (κ3) is 4.31. The number of hydrogen-bond donors (Lipinski definition) is 0. The van der Waals surface area contributed by atoms with Crippen LogP contribution >= 0.6 is 39.5 Å². The first-order valence-electron chi connectivity index (χ1n) is 12.8. The lowest BCUT2D eigenvalue weighted by atomic mass is 9.81. The molecule has 0 saturated carbocycles. The van der Waals surface area contributed by atoms with Crippen LogP contribution in [0.3, 0.4) is 0 Å². The minimum absolute atomic E-state index is 0.296. The highest BCUT2D eigenvalue weighted by molar-refractivity contribution is 9.10. The number of carbonyl (C=O) groups excluding carboxylic acids is 1. The van der Waals surface area contributed by atoms with Gasteiger partial charge in [-0.25, -0.2) is 9.80 Å². The number of hydrazone groups is 1. The van der Waals surface area contributed by atoms with Crippen molar-refractivity contribution in [1.82, 2.24) is 0 Å². The van der Waals surface area contributed by atoms with Crippen LogP contribution in [0.25, 0.3) is 0 Å². The largest absolute Gasteiger partial charge is 0.461 e. The minimum Gasteiger partial charge on any atom is -0.461 e. The van der Waals surface area contributed by atoms with Gasteiger partial charge in [0.2, 0.25) is 5.04 Å². The Hall–Kier alpha value is -3.00. The van der Waals surface area contributed by atoms with E-state index in [9.17, 15) is 4.79 Å². The lowest BCUT2D eigenvalue weighted by molar-refractivity contribution is -0.134. The van der Waals surface area contributed by atoms with Crippen LogP contribution in [0.4, 0.5) is 5.69 Å². The molecule has 0 bridgehead atoms. The molecule has 6 rings (SSSR count). The molecule has 2 aliphatic rings. The number of hydrogen-bond acceptors (Lipinski definition) is 6. The van der Waals surface area contributed by atoms with Crippen molar-refractivity contribution in [2.24, 2.45) is 5.10 Å². The summed E-state index contributed by atoms with van der Waals surface area (Å²) in [6, 6.07) is 34.3. The number of carbonyl (C=O) groups is 1. The molecule has 4 aromatic rings. The molecule has 196 valence electrons. The van der Waals surface area contributed by atoms with Crippen LogP contribution in [0.15, 0.2) is 107 Å². The van der Waals surface area contributed by atoms with Crippen molar-refractivity contribution >= 4 is 56.2 Å². The van der Waals surface area contributed by atoms with Crippen molar-refractivity contribution in [2.45, 2.75) is 29.7 Å². The van der Waals surface area contributed by atoms with Crippen LogP contribution in [0, 0.1) is 13.8 Å². The Morgan fingerprint density at radius 1 is 0.846 bits per heavy atom. The Kier molecular flexibility index (Phi) is 6.86. The summed E-state index contributed by atoms with van der Waals surface area (Å²) < 4.78 is 5.15. The molecule has 0 aromatic heterocycles. The number of halogens is 1. The molecule has 0 unspecified atom stereocenters. The first-order chi connectivity index (χ1) is 18.9. The average Bonchev–Trinajstić information content (AvgIpc) is 3.47. The van der Waals surface area contributed by atoms with Crippen molar-refractivity contribution in [3.05, 3.63) is 135 Å². The van der Waals surface area contributed by atoms with E-state index in [2.05, 4.69) is 103 Å². The van der Waals surface area contributed by atoms with Crippen molar-refractivity contribution in [2.75, 3.05) is 11.6 Å². The molecule has 2 aliphatic heterocycles. The quantitative estimate of drug-likeness (QED) is 0.211. The lowest BCUT2D eigenvalue weighted by Gasteiger charge is -2.37. The molecule has 2 heterocycles. The topological polar surface area (TPSA) is 41.9 Å². The maximum absolute atomic E-state index is 13.1. The van der Waals surface area contributed by atoms with Gasteiger partial charge in [0.1, 0.15) is 0 Å². The predicted octanol–water partition coefficient (Wildman–Crippen LogP) is 8.34. The van der Waals surface area contributed by atoms with E-state index in [1.807, 2.05) is 48.0 Å². The second-order valence-electron chi connectivity index (χ2n) is 9.66. The van der Waals surface area contributed by atoms with Gasteiger partial charge in [-0.05, 0) is 61.7 Å². The number of nitrogens with zero attached hydrogens (tertiary/aromatic N) is 2. The summed E-state index contributed by atoms with van der Waals surface area (Å²) in [6.45, 7) is 6.34. The van der Waals surface area contributed by atoms with Gasteiger partial charge in [-0.1, -0.05) is 123 Å². The van der Waals surface area contributed by atoms with E-state index in [1.54, 1.807) is 0 Å². The Morgan fingerprint density at radius 2 is 1.41 bits per heavy atom. The maximum atomic E-state index is 13.1. The zero-order chi connectivity index (χ0) is 27.2. The summed E-state index contributed by atoms with van der Waals surface area (Å²) in [5, 5.41) is 7.28. The highest BCUT2D eigenvalue weighted by Crippen LogP contribution is 2.70. The molecule has 1 spiro atoms. The molecule has 7 heteroatoms. The SMILES string of the molecule is CCOC(=O)C1=NN(c2ccc(Br)cc2)[C@@]2(S1)SC(c1ccc(C)cc1)(c1ccc(C)cc1)c1ccccc12. The van der Waals surface area contributed by atoms with E-state index >= 15 is 0 Å². The molecular formula is C32H27BrN2O2S2. The number of anilines is 1. The molecule has 0 aliphatic carbocycles. The normalized spacial score (nSPS) is 19.2. The smallest absolute Gasteiger partial charge is 0.365 e. The summed E-state index contributed by atoms with van der Waals surface area (Å²) in [7, 11) is 0. The second kappa shape index (κ2) is 10.2. The Balaban J connectivity index is 1.62. The average molecular weight is 616 g/mol. The van der Waals surface area contributed by atoms with Gasteiger partial charge in [0.15, 0.2) is 4.20 Å². The molecular weight excluding hydrogens is 588 g/mol. The highest BCUT2D eigenvalue weighted by atomic mass is 79.9. The van der Waals surface area contributed by atoms with Crippen LogP contribution in [0.2, 0.25) is 0 Å². The van der Waals surface area contributed by atoms with Gasteiger partial charge in [0, 0.05) is 10.0 Å². The number of esters is 1. The molecule has 1 atom stereocenters. The molecule has 0 amide bonds. The van der Waals surface area contributed by atoms with Crippen LogP contribution in [0.1, 0.15) is 40.3 Å². The number of rotatable bonds is 5. The summed E-state index contributed by atoms with van der Waals surface area (Å²) in [6.07, 6.45) is 0. The van der Waals surface area contributed by atoms with Gasteiger partial charge in [-0.3, -0.25) is 0 Å². The maximum Gasteiger partial charge on any atom is 0.365 e. The fourth-order valence-corrected chi connectivity index (χ4v) is 9.05. The first-order valence-corrected chi connectivity index (χ1v) is 15.2. The van der Waals surface area contributed by atoms with E-state index in [4.69, 9.17) is 9.84 Å². The Bertz CT molecular complexity index is 1520. The molecule has 4 aromatic carbocycles. The van der Waals surface area contributed by atoms with Crippen LogP contribution < -0.4 is 5.01 Å². The van der Waals surface area contributed by atoms with Gasteiger partial charge in [-0.15, -0.1) is 0 Å². The highest BCUT2D eigenvalue weighted by Gasteiger charge is 2.61. The van der Waals surface area contributed by atoms with Crippen molar-refractivity contribution < 1.29 is 9.53 Å². The van der Waals surface area contributed by atoms with Crippen LogP contribution in [0.5, 0.6) is 0 Å². The van der Waals surface area contributed by atoms with E-state index in [0.717, 1.165) is 15.7 Å². The molecule has 0 radical (unpaired) electrons. The number of aryl methyl sites for hydroxylation is 2. The van der Waals surface area contributed by atoms with Gasteiger partial charge in [0.25, 0.3) is 0 Å². The van der Waals surface area contributed by atoms with E-state index in [-0.39, 0.29) is 0 Å². The molecule has 39 heavy (non-hydrogen) atoms. The van der Waals surface area contributed by atoms with Crippen molar-refractivity contribution in [3.8, 4) is 0 Å². The summed E-state index contributed by atoms with van der Waals surface area (Å²) in [4.78, 5) is 13.1. The van der Waals surface area contributed by atoms with Gasteiger partial charge >= 0.3 is 5.97 Å². The first kappa shape index (κ1) is 26.2. The number of fused-ring (bicyclic) bond motifs is 2. The Labute approximate surface area is 246 Å². The lowest BCUT2D eigenvalue weighted by Crippen LogP contribution is -2.34. The number of benzene rings is 4. The van der Waals surface area contributed by atoms with Crippen molar-refractivity contribution in [1.29, 1.82) is 0 Å². The third-order valence-corrected chi connectivity index (χ3v) is 10.9. The molecule has 4 nitrogen and oxygen atoms in total. The summed E-state index contributed by atoms with van der Waals surface area (Å²) >= 11 is 6.85. The van der Waals surface area contributed by atoms with Crippen LogP contribution in [-0.4, -0.2) is 17.6 Å². The third-order valence-electron chi connectivity index (χ3n) is 7.08.